The first kappa shape index (κ1) is 13.7. The Kier molecular flexibility index (Phi) is 4.62. The van der Waals surface area contributed by atoms with Crippen molar-refractivity contribution in [2.75, 3.05) is 18.5 Å². The van der Waals surface area contributed by atoms with Gasteiger partial charge in [-0.25, -0.2) is 9.97 Å². The number of nitrogens with zero attached hydrogens (tertiary/aromatic N) is 3. The van der Waals surface area contributed by atoms with Gasteiger partial charge < -0.3 is 10.4 Å². The molecule has 104 valence electrons. The summed E-state index contributed by atoms with van der Waals surface area (Å²) in [6.07, 6.45) is 6.90. The van der Waals surface area contributed by atoms with Gasteiger partial charge in [-0.2, -0.15) is 0 Å². The fourth-order valence-electron chi connectivity index (χ4n) is 2.52. The maximum absolute atomic E-state index is 10.5. The molecule has 1 aromatic heterocycles. The van der Waals surface area contributed by atoms with E-state index in [9.17, 15) is 15.2 Å². The van der Waals surface area contributed by atoms with Crippen molar-refractivity contribution >= 4 is 11.6 Å². The number of anilines is 1. The molecule has 0 amide bonds. The monoisotopic (exact) mass is 266 g/mol. The van der Waals surface area contributed by atoms with E-state index in [1.807, 2.05) is 0 Å². The number of aliphatic hydroxyl groups excluding tert-OH is 1. The van der Waals surface area contributed by atoms with E-state index >= 15 is 0 Å². The predicted molar refractivity (Wildman–Crippen MR) is 69.7 cm³/mol. The van der Waals surface area contributed by atoms with Crippen LogP contribution in [0.3, 0.4) is 0 Å². The molecule has 0 spiro atoms. The summed E-state index contributed by atoms with van der Waals surface area (Å²) in [6.45, 7) is 0.913. The van der Waals surface area contributed by atoms with Crippen LogP contribution in [-0.2, 0) is 0 Å². The highest BCUT2D eigenvalue weighted by atomic mass is 16.6. The smallest absolute Gasteiger partial charge is 0.305 e. The third-order valence-corrected chi connectivity index (χ3v) is 3.67. The van der Waals surface area contributed by atoms with E-state index in [4.69, 9.17) is 0 Å². The number of aromatic nitrogens is 2. The molecule has 0 radical (unpaired) electrons. The molecule has 0 saturated heterocycles. The van der Waals surface area contributed by atoms with Crippen LogP contribution in [0, 0.1) is 22.0 Å². The van der Waals surface area contributed by atoms with Crippen LogP contribution in [0.2, 0.25) is 0 Å². The minimum absolute atomic E-state index is 0.114. The minimum atomic E-state index is -0.521. The van der Waals surface area contributed by atoms with Crippen molar-refractivity contribution in [3.05, 3.63) is 22.5 Å². The zero-order valence-corrected chi connectivity index (χ0v) is 10.7. The fraction of sp³-hybridized carbons (Fsp3) is 0.667. The molecule has 2 N–H and O–H groups in total. The number of nitro groups is 1. The quantitative estimate of drug-likeness (QED) is 0.620. The second kappa shape index (κ2) is 6.42. The van der Waals surface area contributed by atoms with Crippen LogP contribution < -0.4 is 5.32 Å². The lowest BCUT2D eigenvalue weighted by Gasteiger charge is -2.30. The second-order valence-corrected chi connectivity index (χ2v) is 4.89. The van der Waals surface area contributed by atoms with Crippen LogP contribution in [0.25, 0.3) is 0 Å². The lowest BCUT2D eigenvalue weighted by Crippen LogP contribution is -2.29. The van der Waals surface area contributed by atoms with Gasteiger partial charge in [0.15, 0.2) is 0 Å². The highest BCUT2D eigenvalue weighted by molar-refractivity contribution is 5.30. The van der Waals surface area contributed by atoms with Crippen LogP contribution in [0.4, 0.5) is 11.6 Å². The second-order valence-electron chi connectivity index (χ2n) is 4.89. The van der Waals surface area contributed by atoms with Crippen LogP contribution in [-0.4, -0.2) is 33.1 Å². The number of hydrogen-bond acceptors (Lipinski definition) is 6. The van der Waals surface area contributed by atoms with Crippen molar-refractivity contribution in [2.24, 2.45) is 11.8 Å². The molecule has 1 fully saturated rings. The van der Waals surface area contributed by atoms with E-state index in [1.165, 1.54) is 25.2 Å². The Morgan fingerprint density at radius 1 is 1.32 bits per heavy atom. The lowest BCUT2D eigenvalue weighted by atomic mass is 9.80. The molecule has 1 heterocycles. The Bertz CT molecular complexity index is 423. The molecule has 1 aromatic rings. The summed E-state index contributed by atoms with van der Waals surface area (Å²) >= 11 is 0. The standard InChI is InChI=1S/C12H18N4O3/c17-8-10-4-2-1-3-9(10)5-13-12-14-6-11(7-15-12)16(18)19/h6-7,9-10,17H,1-5,8H2,(H,13,14,15). The highest BCUT2D eigenvalue weighted by Gasteiger charge is 2.24. The van der Waals surface area contributed by atoms with Gasteiger partial charge in [-0.05, 0) is 24.7 Å². The summed E-state index contributed by atoms with van der Waals surface area (Å²) in [5.74, 6) is 1.14. The van der Waals surface area contributed by atoms with Crippen molar-refractivity contribution in [3.8, 4) is 0 Å². The van der Waals surface area contributed by atoms with E-state index in [1.54, 1.807) is 0 Å². The molecule has 1 aliphatic rings. The van der Waals surface area contributed by atoms with E-state index in [0.717, 1.165) is 12.8 Å². The first-order valence-corrected chi connectivity index (χ1v) is 6.52. The first-order valence-electron chi connectivity index (χ1n) is 6.52. The molecule has 1 saturated carbocycles. The van der Waals surface area contributed by atoms with Crippen molar-refractivity contribution in [1.82, 2.24) is 9.97 Å². The summed E-state index contributed by atoms with van der Waals surface area (Å²) in [7, 11) is 0. The molecule has 7 heteroatoms. The fourth-order valence-corrected chi connectivity index (χ4v) is 2.52. The summed E-state index contributed by atoms with van der Waals surface area (Å²) in [5.41, 5.74) is -0.114. The topological polar surface area (TPSA) is 101 Å². The van der Waals surface area contributed by atoms with Gasteiger partial charge in [-0.3, -0.25) is 10.1 Å². The van der Waals surface area contributed by atoms with E-state index in [2.05, 4.69) is 15.3 Å². The van der Waals surface area contributed by atoms with Crippen LogP contribution in [0.1, 0.15) is 25.7 Å². The third kappa shape index (κ3) is 3.60. The van der Waals surface area contributed by atoms with Crippen molar-refractivity contribution < 1.29 is 10.0 Å². The van der Waals surface area contributed by atoms with Gasteiger partial charge in [0, 0.05) is 13.2 Å². The Morgan fingerprint density at radius 3 is 2.53 bits per heavy atom. The molecule has 1 aliphatic carbocycles. The molecule has 0 bridgehead atoms. The van der Waals surface area contributed by atoms with Crippen LogP contribution >= 0.6 is 0 Å². The zero-order valence-electron chi connectivity index (χ0n) is 10.7. The van der Waals surface area contributed by atoms with Gasteiger partial charge in [0.05, 0.1) is 4.92 Å². The highest BCUT2D eigenvalue weighted by Crippen LogP contribution is 2.29. The molecular formula is C12H18N4O3. The normalized spacial score (nSPS) is 23.0. The lowest BCUT2D eigenvalue weighted by molar-refractivity contribution is -0.385. The van der Waals surface area contributed by atoms with E-state index in [-0.39, 0.29) is 12.3 Å². The Labute approximate surface area is 111 Å². The van der Waals surface area contributed by atoms with Gasteiger partial charge in [0.25, 0.3) is 0 Å². The van der Waals surface area contributed by atoms with Crippen molar-refractivity contribution in [2.45, 2.75) is 25.7 Å². The predicted octanol–water partition coefficient (Wildman–Crippen LogP) is 1.60. The van der Waals surface area contributed by atoms with Crippen LogP contribution in [0.15, 0.2) is 12.4 Å². The van der Waals surface area contributed by atoms with E-state index < -0.39 is 4.92 Å². The molecule has 19 heavy (non-hydrogen) atoms. The third-order valence-electron chi connectivity index (χ3n) is 3.67. The molecular weight excluding hydrogens is 248 g/mol. The largest absolute Gasteiger partial charge is 0.396 e. The minimum Gasteiger partial charge on any atom is -0.396 e. The SMILES string of the molecule is O=[N+]([O-])c1cnc(NCC2CCCCC2CO)nc1. The molecule has 2 unspecified atom stereocenters. The van der Waals surface area contributed by atoms with Gasteiger partial charge in [0.1, 0.15) is 12.4 Å². The number of hydrogen-bond donors (Lipinski definition) is 2. The molecule has 0 aliphatic heterocycles. The Balaban J connectivity index is 1.88. The average molecular weight is 266 g/mol. The maximum atomic E-state index is 10.5. The summed E-state index contributed by atoms with van der Waals surface area (Å²) < 4.78 is 0. The molecule has 0 aromatic carbocycles. The number of aliphatic hydroxyl groups is 1. The summed E-state index contributed by atoms with van der Waals surface area (Å²) in [4.78, 5) is 17.8. The van der Waals surface area contributed by atoms with Crippen molar-refractivity contribution in [3.63, 3.8) is 0 Å². The van der Waals surface area contributed by atoms with Gasteiger partial charge >= 0.3 is 5.69 Å². The average Bonchev–Trinajstić information content (AvgIpc) is 2.45. The Morgan fingerprint density at radius 2 is 1.95 bits per heavy atom. The van der Waals surface area contributed by atoms with Gasteiger partial charge in [-0.1, -0.05) is 12.8 Å². The summed E-state index contributed by atoms with van der Waals surface area (Å²) in [6, 6.07) is 0. The zero-order chi connectivity index (χ0) is 13.7. The molecule has 2 atom stereocenters. The van der Waals surface area contributed by atoms with Gasteiger partial charge in [0.2, 0.25) is 5.95 Å². The van der Waals surface area contributed by atoms with Crippen LogP contribution in [0.5, 0.6) is 0 Å². The number of nitrogens with one attached hydrogen (secondary N) is 1. The first-order chi connectivity index (χ1) is 9.20. The molecule has 7 nitrogen and oxygen atoms in total. The number of rotatable bonds is 5. The van der Waals surface area contributed by atoms with Gasteiger partial charge in [-0.15, -0.1) is 0 Å². The molecule has 2 rings (SSSR count). The Hall–Kier alpha value is -1.76. The van der Waals surface area contributed by atoms with E-state index in [0.29, 0.717) is 24.3 Å². The maximum Gasteiger partial charge on any atom is 0.305 e. The summed E-state index contributed by atoms with van der Waals surface area (Å²) in [5, 5.41) is 22.9. The van der Waals surface area contributed by atoms with Crippen molar-refractivity contribution in [1.29, 1.82) is 0 Å².